The van der Waals surface area contributed by atoms with Crippen molar-refractivity contribution in [1.82, 2.24) is 0 Å². The third kappa shape index (κ3) is 2.65. The molecular formula is C9H8FIO2. The third-order valence-corrected chi connectivity index (χ3v) is 2.62. The topological polar surface area (TPSA) is 26.3 Å². The van der Waals surface area contributed by atoms with Gasteiger partial charge in [-0.2, -0.15) is 0 Å². The van der Waals surface area contributed by atoms with Gasteiger partial charge in [0.2, 0.25) is 0 Å². The Labute approximate surface area is 89.2 Å². The van der Waals surface area contributed by atoms with Crippen LogP contribution in [0.2, 0.25) is 0 Å². The second-order valence-corrected chi connectivity index (χ2v) is 3.62. The monoisotopic (exact) mass is 294 g/mol. The minimum Gasteiger partial charge on any atom is -0.469 e. The van der Waals surface area contributed by atoms with E-state index in [2.05, 4.69) is 4.74 Å². The van der Waals surface area contributed by atoms with Crippen molar-refractivity contribution in [2.75, 3.05) is 7.11 Å². The van der Waals surface area contributed by atoms with Crippen molar-refractivity contribution in [3.63, 3.8) is 0 Å². The van der Waals surface area contributed by atoms with Crippen molar-refractivity contribution < 1.29 is 13.9 Å². The van der Waals surface area contributed by atoms with Crippen LogP contribution in [0.3, 0.4) is 0 Å². The van der Waals surface area contributed by atoms with Crippen LogP contribution in [0.5, 0.6) is 0 Å². The molecule has 1 rings (SSSR count). The Bertz CT molecular complexity index is 305. The second-order valence-electron chi connectivity index (χ2n) is 2.45. The standard InChI is InChI=1S/C9H8FIO2/c1-13-9(12)5-6-7(10)3-2-4-8(6)11/h2-4H,5H2,1H3. The van der Waals surface area contributed by atoms with Gasteiger partial charge in [0.25, 0.3) is 0 Å². The van der Waals surface area contributed by atoms with Gasteiger partial charge in [-0.05, 0) is 34.7 Å². The van der Waals surface area contributed by atoms with Gasteiger partial charge in [0.15, 0.2) is 0 Å². The van der Waals surface area contributed by atoms with Crippen LogP contribution in [0.1, 0.15) is 5.56 Å². The molecule has 0 radical (unpaired) electrons. The normalized spacial score (nSPS) is 9.77. The molecule has 70 valence electrons. The van der Waals surface area contributed by atoms with Crippen molar-refractivity contribution in [2.24, 2.45) is 0 Å². The lowest BCUT2D eigenvalue weighted by Gasteiger charge is -2.03. The zero-order valence-electron chi connectivity index (χ0n) is 7.01. The van der Waals surface area contributed by atoms with Gasteiger partial charge < -0.3 is 4.74 Å². The van der Waals surface area contributed by atoms with Crippen LogP contribution in [-0.2, 0) is 16.0 Å². The van der Waals surface area contributed by atoms with E-state index in [9.17, 15) is 9.18 Å². The summed E-state index contributed by atoms with van der Waals surface area (Å²) in [5, 5.41) is 0. The summed E-state index contributed by atoms with van der Waals surface area (Å²) in [5.41, 5.74) is 0.398. The zero-order chi connectivity index (χ0) is 9.84. The number of benzene rings is 1. The molecule has 0 spiro atoms. The molecular weight excluding hydrogens is 286 g/mol. The summed E-state index contributed by atoms with van der Waals surface area (Å²) in [5.74, 6) is -0.791. The van der Waals surface area contributed by atoms with Gasteiger partial charge in [-0.1, -0.05) is 6.07 Å². The summed E-state index contributed by atoms with van der Waals surface area (Å²) in [6.07, 6.45) is -0.0125. The molecule has 1 aromatic carbocycles. The summed E-state index contributed by atoms with van der Waals surface area (Å²) < 4.78 is 18.3. The van der Waals surface area contributed by atoms with Gasteiger partial charge in [0.1, 0.15) is 5.82 Å². The predicted octanol–water partition coefficient (Wildman–Crippen LogP) is 2.15. The van der Waals surface area contributed by atoms with E-state index >= 15 is 0 Å². The van der Waals surface area contributed by atoms with Gasteiger partial charge in [0, 0.05) is 9.13 Å². The molecule has 4 heteroatoms. The van der Waals surface area contributed by atoms with E-state index in [0.717, 1.165) is 3.57 Å². The van der Waals surface area contributed by atoms with Crippen molar-refractivity contribution in [3.8, 4) is 0 Å². The number of halogens is 2. The van der Waals surface area contributed by atoms with Gasteiger partial charge in [-0.15, -0.1) is 0 Å². The number of carbonyl (C=O) groups is 1. The first-order valence-electron chi connectivity index (χ1n) is 3.65. The maximum Gasteiger partial charge on any atom is 0.310 e. The Hall–Kier alpha value is -0.650. The smallest absolute Gasteiger partial charge is 0.310 e. The highest BCUT2D eigenvalue weighted by molar-refractivity contribution is 14.1. The molecule has 2 nitrogen and oxygen atoms in total. The largest absolute Gasteiger partial charge is 0.469 e. The van der Waals surface area contributed by atoms with Gasteiger partial charge in [-0.25, -0.2) is 4.39 Å². The minimum atomic E-state index is -0.428. The van der Waals surface area contributed by atoms with Gasteiger partial charge >= 0.3 is 5.97 Å². The fourth-order valence-electron chi connectivity index (χ4n) is 0.918. The molecule has 1 aromatic rings. The van der Waals surface area contributed by atoms with E-state index < -0.39 is 5.97 Å². The van der Waals surface area contributed by atoms with Crippen LogP contribution in [0.15, 0.2) is 18.2 Å². The Balaban J connectivity index is 2.93. The average Bonchev–Trinajstić information content (AvgIpc) is 2.11. The maximum absolute atomic E-state index is 13.1. The summed E-state index contributed by atoms with van der Waals surface area (Å²) in [7, 11) is 1.29. The number of carbonyl (C=O) groups excluding carboxylic acids is 1. The average molecular weight is 294 g/mol. The van der Waals surface area contributed by atoms with Crippen LogP contribution in [0.4, 0.5) is 4.39 Å². The molecule has 0 saturated carbocycles. The van der Waals surface area contributed by atoms with Crippen LogP contribution >= 0.6 is 22.6 Å². The van der Waals surface area contributed by atoms with Gasteiger partial charge in [0.05, 0.1) is 13.5 Å². The fraction of sp³-hybridized carbons (Fsp3) is 0.222. The van der Waals surface area contributed by atoms with Crippen LogP contribution in [0, 0.1) is 9.39 Å². The lowest BCUT2D eigenvalue weighted by molar-refractivity contribution is -0.139. The highest BCUT2D eigenvalue weighted by Gasteiger charge is 2.10. The third-order valence-electron chi connectivity index (χ3n) is 1.61. The number of methoxy groups -OCH3 is 1. The SMILES string of the molecule is COC(=O)Cc1c(F)cccc1I. The van der Waals surface area contributed by atoms with Gasteiger partial charge in [-0.3, -0.25) is 4.79 Å². The fourth-order valence-corrected chi connectivity index (χ4v) is 1.57. The van der Waals surface area contributed by atoms with E-state index in [4.69, 9.17) is 0 Å². The lowest BCUT2D eigenvalue weighted by Crippen LogP contribution is -2.07. The predicted molar refractivity (Wildman–Crippen MR) is 54.8 cm³/mol. The summed E-state index contributed by atoms with van der Waals surface area (Å²) in [4.78, 5) is 10.9. The van der Waals surface area contributed by atoms with Crippen LogP contribution in [0.25, 0.3) is 0 Å². The molecule has 0 N–H and O–H groups in total. The molecule has 0 aliphatic heterocycles. The summed E-state index contributed by atoms with van der Waals surface area (Å²) >= 11 is 1.99. The summed E-state index contributed by atoms with van der Waals surface area (Å²) in [6.45, 7) is 0. The Morgan fingerprint density at radius 2 is 2.31 bits per heavy atom. The molecule has 0 aromatic heterocycles. The molecule has 0 aliphatic rings. The second kappa shape index (κ2) is 4.55. The van der Waals surface area contributed by atoms with Crippen molar-refractivity contribution >= 4 is 28.6 Å². The first-order chi connectivity index (χ1) is 6.15. The number of esters is 1. The van der Waals surface area contributed by atoms with E-state index in [1.165, 1.54) is 13.2 Å². The quantitative estimate of drug-likeness (QED) is 0.617. The van der Waals surface area contributed by atoms with Crippen molar-refractivity contribution in [1.29, 1.82) is 0 Å². The highest BCUT2D eigenvalue weighted by atomic mass is 127. The molecule has 0 amide bonds. The lowest BCUT2D eigenvalue weighted by atomic mass is 10.1. The number of ether oxygens (including phenoxy) is 1. The maximum atomic E-state index is 13.1. The minimum absolute atomic E-state index is 0.0125. The number of rotatable bonds is 2. The van der Waals surface area contributed by atoms with Crippen molar-refractivity contribution in [2.45, 2.75) is 6.42 Å². The molecule has 0 atom stereocenters. The molecule has 13 heavy (non-hydrogen) atoms. The highest BCUT2D eigenvalue weighted by Crippen LogP contribution is 2.16. The Morgan fingerprint density at radius 1 is 1.62 bits per heavy atom. The first kappa shape index (κ1) is 10.4. The molecule has 0 fully saturated rings. The number of hydrogen-bond donors (Lipinski definition) is 0. The molecule has 0 saturated heterocycles. The Morgan fingerprint density at radius 3 is 2.85 bits per heavy atom. The van der Waals surface area contributed by atoms with Crippen LogP contribution < -0.4 is 0 Å². The Kier molecular flexibility index (Phi) is 3.65. The summed E-state index contributed by atoms with van der Waals surface area (Å²) in [6, 6.07) is 4.69. The van der Waals surface area contributed by atoms with E-state index in [0.29, 0.717) is 5.56 Å². The first-order valence-corrected chi connectivity index (χ1v) is 4.72. The molecule has 0 bridgehead atoms. The van der Waals surface area contributed by atoms with E-state index in [1.807, 2.05) is 22.6 Å². The van der Waals surface area contributed by atoms with Crippen LogP contribution in [-0.4, -0.2) is 13.1 Å². The van der Waals surface area contributed by atoms with E-state index in [-0.39, 0.29) is 12.2 Å². The molecule has 0 heterocycles. The number of hydrogen-bond acceptors (Lipinski definition) is 2. The molecule has 0 aliphatic carbocycles. The van der Waals surface area contributed by atoms with E-state index in [1.54, 1.807) is 12.1 Å². The zero-order valence-corrected chi connectivity index (χ0v) is 9.17. The molecule has 0 unspecified atom stereocenters. The van der Waals surface area contributed by atoms with Crippen molar-refractivity contribution in [3.05, 3.63) is 33.1 Å².